The predicted octanol–water partition coefficient (Wildman–Crippen LogP) is 6.23. The summed E-state index contributed by atoms with van der Waals surface area (Å²) < 4.78 is 6.37. The molecule has 0 spiro atoms. The maximum Gasteiger partial charge on any atom is 0.133 e. The predicted molar refractivity (Wildman–Crippen MR) is 97.4 cm³/mol. The molecule has 1 aromatic carbocycles. The third-order valence-electron chi connectivity index (χ3n) is 4.91. The second kappa shape index (κ2) is 7.04. The van der Waals surface area contributed by atoms with Crippen LogP contribution >= 0.6 is 31.9 Å². The van der Waals surface area contributed by atoms with Crippen LogP contribution < -0.4 is 4.74 Å². The molecular formula is C18H26Br2O. The van der Waals surface area contributed by atoms with Gasteiger partial charge in [-0.15, -0.1) is 0 Å². The monoisotopic (exact) mass is 416 g/mol. The van der Waals surface area contributed by atoms with Gasteiger partial charge in [0, 0.05) is 4.83 Å². The van der Waals surface area contributed by atoms with E-state index < -0.39 is 0 Å². The SMILES string of the molecule is COc1ccc(CC(C)(C)C2CCC(C)CC2Br)cc1Br. The summed E-state index contributed by atoms with van der Waals surface area (Å²) >= 11 is 7.55. The van der Waals surface area contributed by atoms with Crippen molar-refractivity contribution in [1.29, 1.82) is 0 Å². The van der Waals surface area contributed by atoms with E-state index in [0.29, 0.717) is 10.2 Å². The van der Waals surface area contributed by atoms with E-state index in [1.165, 1.54) is 24.8 Å². The van der Waals surface area contributed by atoms with Crippen molar-refractivity contribution >= 4 is 31.9 Å². The summed E-state index contributed by atoms with van der Waals surface area (Å²) in [6, 6.07) is 6.46. The van der Waals surface area contributed by atoms with E-state index in [9.17, 15) is 0 Å². The van der Waals surface area contributed by atoms with Crippen molar-refractivity contribution in [3.63, 3.8) is 0 Å². The molecule has 21 heavy (non-hydrogen) atoms. The molecule has 0 aromatic heterocycles. The number of benzene rings is 1. The molecule has 1 aliphatic rings. The Labute approximate surface area is 146 Å². The highest BCUT2D eigenvalue weighted by Crippen LogP contribution is 2.45. The van der Waals surface area contributed by atoms with Crippen molar-refractivity contribution < 1.29 is 4.74 Å². The average molecular weight is 418 g/mol. The smallest absolute Gasteiger partial charge is 0.133 e. The summed E-state index contributed by atoms with van der Waals surface area (Å²) in [5.41, 5.74) is 1.69. The van der Waals surface area contributed by atoms with Gasteiger partial charge in [0.1, 0.15) is 5.75 Å². The third kappa shape index (κ3) is 4.25. The van der Waals surface area contributed by atoms with Crippen molar-refractivity contribution in [3.8, 4) is 5.75 Å². The molecule has 0 radical (unpaired) electrons. The summed E-state index contributed by atoms with van der Waals surface area (Å²) in [6.45, 7) is 7.21. The van der Waals surface area contributed by atoms with Gasteiger partial charge in [-0.05, 0) is 70.1 Å². The topological polar surface area (TPSA) is 9.23 Å². The van der Waals surface area contributed by atoms with E-state index in [4.69, 9.17) is 4.74 Å². The van der Waals surface area contributed by atoms with Crippen molar-refractivity contribution in [1.82, 2.24) is 0 Å². The molecule has 0 aliphatic heterocycles. The summed E-state index contributed by atoms with van der Waals surface area (Å²) in [5, 5.41) is 0. The molecule has 3 atom stereocenters. The van der Waals surface area contributed by atoms with Gasteiger partial charge in [0.05, 0.1) is 11.6 Å². The van der Waals surface area contributed by atoms with Gasteiger partial charge in [0.25, 0.3) is 0 Å². The Kier molecular flexibility index (Phi) is 5.81. The fourth-order valence-corrected chi connectivity index (χ4v) is 5.87. The number of hydrogen-bond donors (Lipinski definition) is 0. The van der Waals surface area contributed by atoms with Gasteiger partial charge in [-0.2, -0.15) is 0 Å². The molecule has 2 rings (SSSR count). The summed E-state index contributed by atoms with van der Waals surface area (Å²) in [5.74, 6) is 2.51. The highest BCUT2D eigenvalue weighted by molar-refractivity contribution is 9.10. The largest absolute Gasteiger partial charge is 0.496 e. The Morgan fingerprint density at radius 1 is 1.29 bits per heavy atom. The molecule has 0 bridgehead atoms. The minimum atomic E-state index is 0.308. The Balaban J connectivity index is 2.11. The first-order valence-electron chi connectivity index (χ1n) is 7.80. The molecule has 1 fully saturated rings. The van der Waals surface area contributed by atoms with Crippen LogP contribution in [0.25, 0.3) is 0 Å². The first-order valence-corrected chi connectivity index (χ1v) is 9.51. The van der Waals surface area contributed by atoms with Crippen LogP contribution in [0.1, 0.15) is 45.6 Å². The zero-order valence-corrected chi connectivity index (χ0v) is 16.6. The van der Waals surface area contributed by atoms with E-state index in [2.05, 4.69) is 70.8 Å². The van der Waals surface area contributed by atoms with Crippen LogP contribution in [0.3, 0.4) is 0 Å². The van der Waals surface area contributed by atoms with Crippen LogP contribution in [-0.4, -0.2) is 11.9 Å². The second-order valence-electron chi connectivity index (χ2n) is 7.17. The fraction of sp³-hybridized carbons (Fsp3) is 0.667. The highest BCUT2D eigenvalue weighted by atomic mass is 79.9. The first kappa shape index (κ1) is 17.3. The van der Waals surface area contributed by atoms with Gasteiger partial charge in [0.15, 0.2) is 0 Å². The first-order chi connectivity index (χ1) is 9.83. The molecule has 118 valence electrons. The molecule has 3 unspecified atom stereocenters. The van der Waals surface area contributed by atoms with Gasteiger partial charge in [-0.25, -0.2) is 0 Å². The average Bonchev–Trinajstić information content (AvgIpc) is 2.37. The van der Waals surface area contributed by atoms with Crippen LogP contribution in [0.4, 0.5) is 0 Å². The number of halogens is 2. The molecule has 0 amide bonds. The molecule has 1 aromatic rings. The highest BCUT2D eigenvalue weighted by Gasteiger charge is 2.37. The Hall–Kier alpha value is -0.0200. The molecule has 0 N–H and O–H groups in total. The standard InChI is InChI=1S/C18H26Br2O/c1-12-5-7-14(15(19)9-12)18(2,3)11-13-6-8-17(21-4)16(20)10-13/h6,8,10,12,14-15H,5,7,9,11H2,1-4H3. The van der Waals surface area contributed by atoms with E-state index in [1.807, 2.05) is 0 Å². The Morgan fingerprint density at radius 2 is 2.00 bits per heavy atom. The van der Waals surface area contributed by atoms with Crippen LogP contribution in [0.15, 0.2) is 22.7 Å². The zero-order valence-electron chi connectivity index (χ0n) is 13.5. The lowest BCUT2D eigenvalue weighted by Gasteiger charge is -2.42. The molecule has 0 heterocycles. The second-order valence-corrected chi connectivity index (χ2v) is 9.21. The van der Waals surface area contributed by atoms with Gasteiger partial charge < -0.3 is 4.74 Å². The van der Waals surface area contributed by atoms with E-state index >= 15 is 0 Å². The molecule has 0 saturated heterocycles. The fourth-order valence-electron chi connectivity index (χ4n) is 3.67. The molecular weight excluding hydrogens is 392 g/mol. The number of alkyl halides is 1. The third-order valence-corrected chi connectivity index (χ3v) is 6.55. The van der Waals surface area contributed by atoms with E-state index in [0.717, 1.165) is 28.5 Å². The molecule has 1 saturated carbocycles. The number of methoxy groups -OCH3 is 1. The van der Waals surface area contributed by atoms with Crippen LogP contribution in [0.5, 0.6) is 5.75 Å². The maximum absolute atomic E-state index is 5.32. The minimum Gasteiger partial charge on any atom is -0.496 e. The van der Waals surface area contributed by atoms with Gasteiger partial charge in [-0.3, -0.25) is 0 Å². The quantitative estimate of drug-likeness (QED) is 0.527. The minimum absolute atomic E-state index is 0.308. The summed E-state index contributed by atoms with van der Waals surface area (Å²) in [7, 11) is 1.71. The maximum atomic E-state index is 5.32. The van der Waals surface area contributed by atoms with Gasteiger partial charge in [-0.1, -0.05) is 49.2 Å². The Morgan fingerprint density at radius 3 is 2.57 bits per heavy atom. The number of ether oxygens (including phenoxy) is 1. The molecule has 3 heteroatoms. The number of hydrogen-bond acceptors (Lipinski definition) is 1. The van der Waals surface area contributed by atoms with Gasteiger partial charge in [0.2, 0.25) is 0 Å². The molecule has 1 nitrogen and oxygen atoms in total. The molecule has 1 aliphatic carbocycles. The van der Waals surface area contributed by atoms with Crippen LogP contribution in [-0.2, 0) is 6.42 Å². The van der Waals surface area contributed by atoms with Crippen molar-refractivity contribution in [3.05, 3.63) is 28.2 Å². The summed E-state index contributed by atoms with van der Waals surface area (Å²) in [4.78, 5) is 0.651. The lowest BCUT2D eigenvalue weighted by molar-refractivity contribution is 0.147. The van der Waals surface area contributed by atoms with Crippen molar-refractivity contribution in [2.45, 2.75) is 51.3 Å². The van der Waals surface area contributed by atoms with Gasteiger partial charge >= 0.3 is 0 Å². The zero-order chi connectivity index (χ0) is 15.6. The van der Waals surface area contributed by atoms with E-state index in [1.54, 1.807) is 7.11 Å². The lowest BCUT2D eigenvalue weighted by Crippen LogP contribution is -2.37. The van der Waals surface area contributed by atoms with Crippen molar-refractivity contribution in [2.24, 2.45) is 17.3 Å². The van der Waals surface area contributed by atoms with E-state index in [-0.39, 0.29) is 0 Å². The normalized spacial score (nSPS) is 26.7. The number of rotatable bonds is 4. The van der Waals surface area contributed by atoms with Crippen molar-refractivity contribution in [2.75, 3.05) is 7.11 Å². The van der Waals surface area contributed by atoms with Crippen LogP contribution in [0, 0.1) is 17.3 Å². The lowest BCUT2D eigenvalue weighted by atomic mass is 9.66. The summed E-state index contributed by atoms with van der Waals surface area (Å²) in [6.07, 6.45) is 5.11. The Bertz CT molecular complexity index is 484. The van der Waals surface area contributed by atoms with Crippen LogP contribution in [0.2, 0.25) is 0 Å².